The number of aliphatic hydroxyl groups excluding tert-OH is 9. The topological polar surface area (TPSA) is 308 Å². The highest BCUT2D eigenvalue weighted by atomic mass is 16.8. The summed E-state index contributed by atoms with van der Waals surface area (Å²) in [6.45, 7) is -0.0152. The van der Waals surface area contributed by atoms with Crippen LogP contribution in [-0.4, -0.2) is 162 Å². The van der Waals surface area contributed by atoms with Crippen LogP contribution in [0.2, 0.25) is 0 Å². The zero-order chi connectivity index (χ0) is 37.6. The molecule has 286 valence electrons. The van der Waals surface area contributed by atoms with E-state index in [1.165, 1.54) is 37.3 Å². The standard InChI is InChI=1S/C33H40O19/c1-11-22(38)25(41)29(45)32(47-11)52-30-27(43)24(40)20(10-46-31-28(44)26(42)23(39)19(9-34)50-31)51-33(30)48-14-6-15(36)21-16(37)8-17(49-18(21)7-14)12-2-4-13(35)5-3-12/h2-8,11,19-20,22-36,38-45H,9-10H2,1H3/t11-,19+,20+,22-,23+,24+,25+,26-,27-,28+,29+,30+,31+,32-,33+/m0/s1. The molecule has 2 aromatic carbocycles. The SMILES string of the molecule is C[C@@H]1O[C@@H](O[C@H]2[C@H](Oc3cc(O)c4c(=O)cc(-c5ccc(O)cc5)oc4c3)O[C@H](CO[C@@H]3O[C@H](CO)[C@@H](O)[C@H](O)[C@H]3O)[C@@H](O)[C@@H]2O)[C@H](O)[C@H](O)[C@H]1O. The van der Waals surface area contributed by atoms with Gasteiger partial charge in [-0.15, -0.1) is 0 Å². The van der Waals surface area contributed by atoms with Gasteiger partial charge in [0, 0.05) is 23.8 Å². The van der Waals surface area contributed by atoms with Crippen LogP contribution in [0.3, 0.4) is 0 Å². The van der Waals surface area contributed by atoms with Crippen LogP contribution >= 0.6 is 0 Å². The summed E-state index contributed by atoms with van der Waals surface area (Å²) in [4.78, 5) is 13.0. The van der Waals surface area contributed by atoms with Crippen molar-refractivity contribution >= 4 is 11.0 Å². The van der Waals surface area contributed by atoms with Gasteiger partial charge < -0.3 is 89.0 Å². The van der Waals surface area contributed by atoms with E-state index < -0.39 is 117 Å². The first-order valence-electron chi connectivity index (χ1n) is 16.2. The third kappa shape index (κ3) is 7.47. The van der Waals surface area contributed by atoms with E-state index in [4.69, 9.17) is 32.8 Å². The minimum atomic E-state index is -1.93. The number of hydrogen-bond acceptors (Lipinski definition) is 19. The summed E-state index contributed by atoms with van der Waals surface area (Å²) in [6.07, 6.45) is -24.8. The molecule has 0 saturated carbocycles. The number of phenols is 2. The van der Waals surface area contributed by atoms with Crippen molar-refractivity contribution in [1.29, 1.82) is 0 Å². The van der Waals surface area contributed by atoms with Gasteiger partial charge in [-0.3, -0.25) is 4.79 Å². The molecule has 0 radical (unpaired) electrons. The molecule has 3 fully saturated rings. The highest BCUT2D eigenvalue weighted by Gasteiger charge is 2.52. The summed E-state index contributed by atoms with van der Waals surface area (Å²) in [5.41, 5.74) is -0.358. The fourth-order valence-corrected chi connectivity index (χ4v) is 6.17. The number of hydrogen-bond donors (Lipinski definition) is 11. The molecule has 0 spiro atoms. The average molecular weight is 741 g/mol. The number of aromatic hydroxyl groups is 2. The Balaban J connectivity index is 1.30. The lowest BCUT2D eigenvalue weighted by Crippen LogP contribution is -2.65. The number of phenolic OH excluding ortho intramolecular Hbond substituents is 2. The second-order valence-electron chi connectivity index (χ2n) is 12.8. The molecular formula is C33H40O19. The van der Waals surface area contributed by atoms with Gasteiger partial charge in [0.1, 0.15) is 95.0 Å². The van der Waals surface area contributed by atoms with Gasteiger partial charge in [-0.2, -0.15) is 0 Å². The maximum absolute atomic E-state index is 13.0. The molecule has 0 unspecified atom stereocenters. The van der Waals surface area contributed by atoms with E-state index in [1.54, 1.807) is 0 Å². The third-order valence-corrected chi connectivity index (χ3v) is 9.20. The molecule has 1 aromatic heterocycles. The Morgan fingerprint density at radius 3 is 2.02 bits per heavy atom. The highest BCUT2D eigenvalue weighted by Crippen LogP contribution is 2.35. The molecule has 3 aliphatic heterocycles. The third-order valence-electron chi connectivity index (χ3n) is 9.20. The molecular weight excluding hydrogens is 700 g/mol. The fraction of sp³-hybridized carbons (Fsp3) is 0.545. The van der Waals surface area contributed by atoms with Crippen molar-refractivity contribution in [3.05, 3.63) is 52.7 Å². The summed E-state index contributed by atoms with van der Waals surface area (Å²) in [5.74, 6) is -0.751. The van der Waals surface area contributed by atoms with Gasteiger partial charge in [0.15, 0.2) is 24.1 Å². The van der Waals surface area contributed by atoms with Crippen molar-refractivity contribution < 1.29 is 89.0 Å². The van der Waals surface area contributed by atoms with E-state index >= 15 is 0 Å². The quantitative estimate of drug-likeness (QED) is 0.102. The van der Waals surface area contributed by atoms with Gasteiger partial charge in [-0.1, -0.05) is 0 Å². The molecule has 52 heavy (non-hydrogen) atoms. The van der Waals surface area contributed by atoms with Crippen LogP contribution in [0.5, 0.6) is 17.2 Å². The van der Waals surface area contributed by atoms with E-state index in [0.717, 1.165) is 12.1 Å². The second kappa shape index (κ2) is 15.5. The van der Waals surface area contributed by atoms with Gasteiger partial charge in [0.2, 0.25) is 6.29 Å². The summed E-state index contributed by atoms with van der Waals surface area (Å²) in [5, 5.41) is 114. The van der Waals surface area contributed by atoms with Crippen molar-refractivity contribution in [1.82, 2.24) is 0 Å². The Labute approximate surface area is 293 Å². The lowest BCUT2D eigenvalue weighted by molar-refractivity contribution is -0.360. The summed E-state index contributed by atoms with van der Waals surface area (Å²) >= 11 is 0. The van der Waals surface area contributed by atoms with Crippen molar-refractivity contribution in [3.8, 4) is 28.6 Å². The first-order chi connectivity index (χ1) is 24.7. The molecule has 0 amide bonds. The summed E-state index contributed by atoms with van der Waals surface area (Å²) in [6, 6.07) is 9.13. The van der Waals surface area contributed by atoms with Gasteiger partial charge >= 0.3 is 0 Å². The van der Waals surface area contributed by atoms with Crippen LogP contribution in [-0.2, 0) is 23.7 Å². The van der Waals surface area contributed by atoms with Crippen molar-refractivity contribution in [2.45, 2.75) is 99.0 Å². The minimum Gasteiger partial charge on any atom is -0.508 e. The van der Waals surface area contributed by atoms with Crippen molar-refractivity contribution in [2.24, 2.45) is 0 Å². The Morgan fingerprint density at radius 1 is 0.692 bits per heavy atom. The predicted octanol–water partition coefficient (Wildman–Crippen LogP) is -3.27. The Hall–Kier alpha value is -3.51. The Morgan fingerprint density at radius 2 is 1.33 bits per heavy atom. The van der Waals surface area contributed by atoms with Crippen LogP contribution < -0.4 is 10.2 Å². The molecule has 19 nitrogen and oxygen atoms in total. The van der Waals surface area contributed by atoms with Crippen LogP contribution in [0.4, 0.5) is 0 Å². The maximum Gasteiger partial charge on any atom is 0.229 e. The van der Waals surface area contributed by atoms with Crippen LogP contribution in [0.15, 0.2) is 51.7 Å². The molecule has 6 rings (SSSR count). The zero-order valence-electron chi connectivity index (χ0n) is 27.3. The predicted molar refractivity (Wildman–Crippen MR) is 169 cm³/mol. The van der Waals surface area contributed by atoms with Crippen molar-refractivity contribution in [3.63, 3.8) is 0 Å². The van der Waals surface area contributed by atoms with Gasteiger partial charge in [-0.05, 0) is 31.2 Å². The van der Waals surface area contributed by atoms with Gasteiger partial charge in [0.25, 0.3) is 0 Å². The van der Waals surface area contributed by atoms with E-state index in [2.05, 4.69) is 0 Å². The summed E-state index contributed by atoms with van der Waals surface area (Å²) < 4.78 is 39.9. The molecule has 0 aliphatic carbocycles. The largest absolute Gasteiger partial charge is 0.508 e. The molecule has 0 bridgehead atoms. The zero-order valence-corrected chi connectivity index (χ0v) is 27.3. The number of benzene rings is 2. The molecule has 4 heterocycles. The smallest absolute Gasteiger partial charge is 0.229 e. The molecule has 3 saturated heterocycles. The molecule has 15 atom stereocenters. The average Bonchev–Trinajstić information content (AvgIpc) is 3.11. The van der Waals surface area contributed by atoms with E-state index in [9.17, 15) is 61.0 Å². The first-order valence-corrected chi connectivity index (χ1v) is 16.2. The van der Waals surface area contributed by atoms with Gasteiger partial charge in [0.05, 0.1) is 19.3 Å². The van der Waals surface area contributed by atoms with E-state index in [-0.39, 0.29) is 28.2 Å². The Kier molecular flexibility index (Phi) is 11.4. The number of rotatable bonds is 9. The molecule has 19 heteroatoms. The number of aliphatic hydroxyl groups is 9. The molecule has 3 aromatic rings. The molecule has 11 N–H and O–H groups in total. The van der Waals surface area contributed by atoms with Crippen molar-refractivity contribution in [2.75, 3.05) is 13.2 Å². The van der Waals surface area contributed by atoms with E-state index in [1.807, 2.05) is 0 Å². The normalized spacial score (nSPS) is 38.3. The fourth-order valence-electron chi connectivity index (χ4n) is 6.17. The van der Waals surface area contributed by atoms with Crippen LogP contribution in [0, 0.1) is 0 Å². The maximum atomic E-state index is 13.0. The second-order valence-corrected chi connectivity index (χ2v) is 12.8. The minimum absolute atomic E-state index is 0.0278. The number of ether oxygens (including phenoxy) is 6. The van der Waals surface area contributed by atoms with Crippen LogP contribution in [0.25, 0.3) is 22.3 Å². The lowest BCUT2D eigenvalue weighted by atomic mass is 9.97. The van der Waals surface area contributed by atoms with Crippen LogP contribution in [0.1, 0.15) is 6.92 Å². The monoisotopic (exact) mass is 740 g/mol. The Bertz CT molecular complexity index is 1730. The number of fused-ring (bicyclic) bond motifs is 1. The van der Waals surface area contributed by atoms with Gasteiger partial charge in [-0.25, -0.2) is 0 Å². The lowest BCUT2D eigenvalue weighted by Gasteiger charge is -2.46. The highest BCUT2D eigenvalue weighted by molar-refractivity contribution is 5.86. The van der Waals surface area contributed by atoms with E-state index in [0.29, 0.717) is 5.56 Å². The molecule has 3 aliphatic rings. The summed E-state index contributed by atoms with van der Waals surface area (Å²) in [7, 11) is 0. The first kappa shape index (κ1) is 38.2.